The zero-order valence-corrected chi connectivity index (χ0v) is 12.3. The fraction of sp³-hybridized carbons (Fsp3) is 0.385. The maximum Gasteiger partial charge on any atom is 0.214 e. The zero-order chi connectivity index (χ0) is 14.2. The maximum atomic E-state index is 11.9. The quantitative estimate of drug-likeness (QED) is 0.850. The van der Waals surface area contributed by atoms with E-state index in [-0.39, 0.29) is 11.8 Å². The van der Waals surface area contributed by atoms with Crippen LogP contribution in [0, 0.1) is 0 Å². The number of nitrogens with one attached hydrogen (secondary N) is 1. The molecular weight excluding hydrogens is 298 g/mol. The fourth-order valence-electron chi connectivity index (χ4n) is 2.02. The molecule has 5 nitrogen and oxygen atoms in total. The van der Waals surface area contributed by atoms with Gasteiger partial charge in [-0.05, 0) is 36.4 Å². The molecule has 1 aliphatic rings. The number of furan rings is 1. The summed E-state index contributed by atoms with van der Waals surface area (Å²) in [6.07, 6.45) is 2.84. The van der Waals surface area contributed by atoms with Crippen LogP contribution in [-0.2, 0) is 15.6 Å². The molecule has 3 rings (SSSR count). The first-order chi connectivity index (χ1) is 9.52. The van der Waals surface area contributed by atoms with E-state index in [1.54, 1.807) is 18.2 Å². The second-order valence-corrected chi connectivity index (χ2v) is 7.87. The van der Waals surface area contributed by atoms with E-state index in [4.69, 9.17) is 4.42 Å². The van der Waals surface area contributed by atoms with E-state index in [1.807, 2.05) is 11.4 Å². The molecule has 0 bridgehead atoms. The van der Waals surface area contributed by atoms with Crippen LogP contribution in [0.4, 0.5) is 0 Å². The number of hydrogen-bond donors (Lipinski definition) is 2. The number of rotatable bonds is 6. The van der Waals surface area contributed by atoms with Gasteiger partial charge in [-0.2, -0.15) is 0 Å². The third-order valence-electron chi connectivity index (χ3n) is 3.35. The minimum Gasteiger partial charge on any atom is -0.466 e. The van der Waals surface area contributed by atoms with Gasteiger partial charge in [-0.15, -0.1) is 11.3 Å². The molecule has 0 aliphatic heterocycles. The van der Waals surface area contributed by atoms with Crippen LogP contribution in [0.5, 0.6) is 0 Å². The van der Waals surface area contributed by atoms with Gasteiger partial charge in [-0.3, -0.25) is 0 Å². The number of hydrogen-bond acceptors (Lipinski definition) is 5. The van der Waals surface area contributed by atoms with Crippen molar-refractivity contribution >= 4 is 21.4 Å². The smallest absolute Gasteiger partial charge is 0.214 e. The molecular formula is C13H15NO4S2. The highest BCUT2D eigenvalue weighted by Gasteiger charge is 2.40. The molecule has 2 aromatic rings. The molecule has 1 fully saturated rings. The highest BCUT2D eigenvalue weighted by Crippen LogP contribution is 2.34. The van der Waals surface area contributed by atoms with Crippen molar-refractivity contribution in [1.82, 2.24) is 4.72 Å². The van der Waals surface area contributed by atoms with Crippen LogP contribution < -0.4 is 4.72 Å². The van der Waals surface area contributed by atoms with Crippen molar-refractivity contribution < 1.29 is 17.9 Å². The molecule has 0 unspecified atom stereocenters. The van der Waals surface area contributed by atoms with Crippen molar-refractivity contribution in [3.63, 3.8) is 0 Å². The molecule has 1 aliphatic carbocycles. The Labute approximate surface area is 121 Å². The largest absolute Gasteiger partial charge is 0.466 e. The lowest BCUT2D eigenvalue weighted by Gasteiger charge is -2.25. The first-order valence-electron chi connectivity index (χ1n) is 6.31. The first-order valence-corrected chi connectivity index (χ1v) is 8.74. The summed E-state index contributed by atoms with van der Waals surface area (Å²) >= 11 is 1.36. The summed E-state index contributed by atoms with van der Waals surface area (Å²) in [7, 11) is -3.35. The lowest BCUT2D eigenvalue weighted by molar-refractivity contribution is 0.0655. The monoisotopic (exact) mass is 313 g/mol. The second kappa shape index (κ2) is 5.00. The van der Waals surface area contributed by atoms with Crippen molar-refractivity contribution in [2.24, 2.45) is 0 Å². The third kappa shape index (κ3) is 2.54. The predicted molar refractivity (Wildman–Crippen MR) is 76.0 cm³/mol. The van der Waals surface area contributed by atoms with E-state index < -0.39 is 15.6 Å². The minimum atomic E-state index is -3.35. The molecule has 7 heteroatoms. The Bertz CT molecular complexity index is 623. The summed E-state index contributed by atoms with van der Waals surface area (Å²) in [4.78, 5) is 0.644. The molecule has 0 spiro atoms. The summed E-state index contributed by atoms with van der Waals surface area (Å²) < 4.78 is 31.7. The van der Waals surface area contributed by atoms with Crippen LogP contribution in [0.15, 0.2) is 40.3 Å². The predicted octanol–water partition coefficient (Wildman–Crippen LogP) is 1.66. The van der Waals surface area contributed by atoms with Gasteiger partial charge in [-0.1, -0.05) is 6.07 Å². The van der Waals surface area contributed by atoms with Gasteiger partial charge in [0.1, 0.15) is 5.76 Å². The normalized spacial score (nSPS) is 18.9. The van der Waals surface area contributed by atoms with Crippen LogP contribution >= 0.6 is 11.3 Å². The molecule has 0 saturated heterocycles. The Hall–Kier alpha value is -1.15. The molecule has 0 radical (unpaired) electrons. The van der Waals surface area contributed by atoms with Gasteiger partial charge < -0.3 is 9.52 Å². The van der Waals surface area contributed by atoms with Gasteiger partial charge in [0, 0.05) is 4.88 Å². The Morgan fingerprint density at radius 3 is 2.75 bits per heavy atom. The molecule has 0 aromatic carbocycles. The molecule has 1 saturated carbocycles. The van der Waals surface area contributed by atoms with Gasteiger partial charge in [-0.25, -0.2) is 13.1 Å². The van der Waals surface area contributed by atoms with Gasteiger partial charge in [0.2, 0.25) is 10.0 Å². The molecule has 2 aromatic heterocycles. The van der Waals surface area contributed by atoms with Gasteiger partial charge in [0.05, 0.1) is 18.1 Å². The van der Waals surface area contributed by atoms with Crippen molar-refractivity contribution in [2.75, 3.05) is 6.54 Å². The molecule has 2 N–H and O–H groups in total. The lowest BCUT2D eigenvalue weighted by Crippen LogP contribution is -2.42. The third-order valence-corrected chi connectivity index (χ3v) is 6.27. The average molecular weight is 313 g/mol. The van der Waals surface area contributed by atoms with E-state index in [2.05, 4.69) is 4.72 Å². The van der Waals surface area contributed by atoms with Gasteiger partial charge in [0.15, 0.2) is 5.60 Å². The number of aliphatic hydroxyl groups is 1. The van der Waals surface area contributed by atoms with Crippen LogP contribution in [0.25, 0.3) is 0 Å². The summed E-state index contributed by atoms with van der Waals surface area (Å²) in [5, 5.41) is 12.4. The maximum absolute atomic E-state index is 11.9. The van der Waals surface area contributed by atoms with Crippen LogP contribution in [0.2, 0.25) is 0 Å². The summed E-state index contributed by atoms with van der Waals surface area (Å²) in [6, 6.07) is 6.89. The molecule has 2 heterocycles. The first kappa shape index (κ1) is 13.8. The minimum absolute atomic E-state index is 0.125. The summed E-state index contributed by atoms with van der Waals surface area (Å²) in [5.41, 5.74) is -1.47. The molecule has 0 amide bonds. The van der Waals surface area contributed by atoms with Crippen molar-refractivity contribution in [3.8, 4) is 0 Å². The van der Waals surface area contributed by atoms with E-state index in [0.29, 0.717) is 23.5 Å². The van der Waals surface area contributed by atoms with Gasteiger partial charge >= 0.3 is 0 Å². The molecule has 20 heavy (non-hydrogen) atoms. The zero-order valence-electron chi connectivity index (χ0n) is 10.7. The topological polar surface area (TPSA) is 79.5 Å². The highest BCUT2D eigenvalue weighted by atomic mass is 32.2. The van der Waals surface area contributed by atoms with E-state index in [1.165, 1.54) is 17.6 Å². The lowest BCUT2D eigenvalue weighted by atomic mass is 9.99. The van der Waals surface area contributed by atoms with Gasteiger partial charge in [0.25, 0.3) is 0 Å². The van der Waals surface area contributed by atoms with Crippen LogP contribution in [-0.4, -0.2) is 25.3 Å². The Morgan fingerprint density at radius 1 is 1.40 bits per heavy atom. The Kier molecular flexibility index (Phi) is 3.45. The van der Waals surface area contributed by atoms with E-state index in [9.17, 15) is 13.5 Å². The van der Waals surface area contributed by atoms with Crippen LogP contribution in [0.3, 0.4) is 0 Å². The molecule has 108 valence electrons. The highest BCUT2D eigenvalue weighted by molar-refractivity contribution is 7.90. The molecule has 1 atom stereocenters. The van der Waals surface area contributed by atoms with Crippen LogP contribution in [0.1, 0.15) is 23.5 Å². The average Bonchev–Trinajstić information content (AvgIpc) is 2.96. The van der Waals surface area contributed by atoms with E-state index in [0.717, 1.165) is 0 Å². The summed E-state index contributed by atoms with van der Waals surface area (Å²) in [5.74, 6) is 0.332. The standard InChI is InChI=1S/C13H15NO4S2/c15-13(11-3-1-7-18-11,12-4-2-8-19-12)9-14-20(16,17)10-5-6-10/h1-4,7-8,10,14-15H,5-6,9H2/t13-/m0/s1. The second-order valence-electron chi connectivity index (χ2n) is 4.88. The SMILES string of the molecule is O=S(=O)(NC[C@](O)(c1ccco1)c1cccs1)C1CC1. The Balaban J connectivity index is 1.87. The Morgan fingerprint density at radius 2 is 2.20 bits per heavy atom. The van der Waals surface area contributed by atoms with E-state index >= 15 is 0 Å². The number of sulfonamides is 1. The van der Waals surface area contributed by atoms with Crippen molar-refractivity contribution in [3.05, 3.63) is 46.5 Å². The number of thiophene rings is 1. The van der Waals surface area contributed by atoms with Crippen molar-refractivity contribution in [2.45, 2.75) is 23.7 Å². The fourth-order valence-corrected chi connectivity index (χ4v) is 4.26. The summed E-state index contributed by atoms with van der Waals surface area (Å²) in [6.45, 7) is -0.125. The van der Waals surface area contributed by atoms with Crippen molar-refractivity contribution in [1.29, 1.82) is 0 Å².